The van der Waals surface area contributed by atoms with Crippen LogP contribution < -0.4 is 19.7 Å². The minimum atomic E-state index is -1.18. The Morgan fingerprint density at radius 3 is 2.58 bits per heavy atom. The molecule has 0 saturated carbocycles. The number of carboxylic acid groups (broad SMARTS) is 1. The number of rotatable bonds is 16. The molecule has 4 aromatic rings. The molecule has 2 aliphatic heterocycles. The number of carbonyl (C=O) groups is 1. The second-order valence-electron chi connectivity index (χ2n) is 13.6. The molecule has 1 saturated heterocycles. The predicted octanol–water partition coefficient (Wildman–Crippen LogP) is 6.46. The van der Waals surface area contributed by atoms with E-state index in [1.165, 1.54) is 23.0 Å². The molecule has 0 aliphatic carbocycles. The lowest BCUT2D eigenvalue weighted by molar-refractivity contribution is -0.140. The Balaban J connectivity index is 1.17. The number of nitrogens with one attached hydrogen (secondary N) is 1. The number of halogens is 2. The van der Waals surface area contributed by atoms with Crippen LogP contribution in [-0.2, 0) is 31.0 Å². The van der Waals surface area contributed by atoms with Crippen molar-refractivity contribution >= 4 is 23.3 Å². The predicted molar refractivity (Wildman–Crippen MR) is 202 cm³/mol. The molecule has 12 heteroatoms. The minimum Gasteiger partial charge on any atom is -0.488 e. The first-order valence-electron chi connectivity index (χ1n) is 18.0. The summed E-state index contributed by atoms with van der Waals surface area (Å²) in [4.78, 5) is 20.5. The van der Waals surface area contributed by atoms with E-state index < -0.39 is 24.8 Å². The van der Waals surface area contributed by atoms with E-state index in [2.05, 4.69) is 57.4 Å². The van der Waals surface area contributed by atoms with Crippen LogP contribution in [0.2, 0.25) is 5.02 Å². The molecule has 10 nitrogen and oxygen atoms in total. The molecule has 6 rings (SSSR count). The van der Waals surface area contributed by atoms with Gasteiger partial charge < -0.3 is 29.5 Å². The third-order valence-electron chi connectivity index (χ3n) is 10.1. The van der Waals surface area contributed by atoms with Crippen molar-refractivity contribution in [1.29, 1.82) is 5.26 Å². The van der Waals surface area contributed by atoms with Crippen molar-refractivity contribution in [2.24, 2.45) is 0 Å². The van der Waals surface area contributed by atoms with Crippen LogP contribution in [0.5, 0.6) is 11.5 Å². The van der Waals surface area contributed by atoms with E-state index >= 15 is 0 Å². The van der Waals surface area contributed by atoms with E-state index in [0.29, 0.717) is 46.1 Å². The molecule has 0 bridgehead atoms. The standard InChI is InChI=1S/C41H45ClFN5O5/c1-27-30(5-2-6-33(27)34-7-3-8-38-35(34)11-16-48(38)13-4-12-47-14-9-32(43)10-15-47)26-53-40-19-39(52-25-29-17-28(20-44)21-45-22-29)31(18-36(40)42)23-46-37(24-49)41(50)51/h2-3,5-8,17-19,21-22,32,37,46,49H,4,9-16,23-26H2,1H3,(H,50,51)/t37-/m0/s1. The number of aliphatic carboxylic acids is 1. The number of hydrogen-bond acceptors (Lipinski definition) is 9. The fourth-order valence-electron chi connectivity index (χ4n) is 7.09. The van der Waals surface area contributed by atoms with Crippen LogP contribution in [0.1, 0.15) is 52.6 Å². The van der Waals surface area contributed by atoms with Gasteiger partial charge in [0.2, 0.25) is 0 Å². The van der Waals surface area contributed by atoms with Gasteiger partial charge in [-0.15, -0.1) is 0 Å². The van der Waals surface area contributed by atoms with E-state index in [-0.39, 0.29) is 19.8 Å². The van der Waals surface area contributed by atoms with Crippen LogP contribution in [0.25, 0.3) is 11.1 Å². The van der Waals surface area contributed by atoms with Crippen molar-refractivity contribution in [3.63, 3.8) is 0 Å². The Kier molecular flexibility index (Phi) is 12.8. The zero-order valence-corrected chi connectivity index (χ0v) is 30.6. The summed E-state index contributed by atoms with van der Waals surface area (Å²) < 4.78 is 26.0. The molecule has 3 N–H and O–H groups in total. The van der Waals surface area contributed by atoms with Crippen molar-refractivity contribution in [3.8, 4) is 28.7 Å². The molecule has 1 atom stereocenters. The van der Waals surface area contributed by atoms with Gasteiger partial charge in [-0.05, 0) is 85.2 Å². The second-order valence-corrected chi connectivity index (χ2v) is 14.0. The zero-order chi connectivity index (χ0) is 37.3. The van der Waals surface area contributed by atoms with Crippen LogP contribution in [0.15, 0.2) is 67.0 Å². The summed E-state index contributed by atoms with van der Waals surface area (Å²) in [6.07, 6.45) is 5.74. The van der Waals surface area contributed by atoms with E-state index in [4.69, 9.17) is 21.1 Å². The molecule has 53 heavy (non-hydrogen) atoms. The fraction of sp³-hybridized carbons (Fsp3) is 0.390. The van der Waals surface area contributed by atoms with Crippen molar-refractivity contribution in [2.75, 3.05) is 44.2 Å². The monoisotopic (exact) mass is 741 g/mol. The van der Waals surface area contributed by atoms with Crippen molar-refractivity contribution < 1.29 is 28.9 Å². The average Bonchev–Trinajstić information content (AvgIpc) is 3.58. The molecule has 0 radical (unpaired) electrons. The Morgan fingerprint density at radius 1 is 1.04 bits per heavy atom. The highest BCUT2D eigenvalue weighted by molar-refractivity contribution is 6.32. The lowest BCUT2D eigenvalue weighted by Gasteiger charge is -2.29. The van der Waals surface area contributed by atoms with E-state index in [9.17, 15) is 24.7 Å². The quantitative estimate of drug-likeness (QED) is 0.118. The second kappa shape index (κ2) is 17.9. The highest BCUT2D eigenvalue weighted by Crippen LogP contribution is 2.39. The number of hydrogen-bond donors (Lipinski definition) is 3. The molecule has 0 spiro atoms. The SMILES string of the molecule is Cc1c(COc2cc(OCc3cncc(C#N)c3)c(CN[C@@H](CO)C(=O)O)cc2Cl)cccc1-c1cccc2c1CCN2CCCN1CCC(F)CC1. The summed E-state index contributed by atoms with van der Waals surface area (Å²) in [5.74, 6) is -0.389. The topological polar surface area (TPSA) is 131 Å². The molecule has 278 valence electrons. The third kappa shape index (κ3) is 9.45. The number of aliphatic hydroxyl groups excluding tert-OH is 1. The first-order chi connectivity index (χ1) is 25.7. The molecule has 3 heterocycles. The van der Waals surface area contributed by atoms with Crippen LogP contribution in [0.3, 0.4) is 0 Å². The molecular weight excluding hydrogens is 697 g/mol. The maximum absolute atomic E-state index is 13.6. The maximum atomic E-state index is 13.6. The number of aliphatic hydroxyl groups is 1. The zero-order valence-electron chi connectivity index (χ0n) is 29.9. The largest absolute Gasteiger partial charge is 0.488 e. The highest BCUT2D eigenvalue weighted by Gasteiger charge is 2.24. The van der Waals surface area contributed by atoms with Gasteiger partial charge in [0.1, 0.15) is 43.0 Å². The summed E-state index contributed by atoms with van der Waals surface area (Å²) in [5, 5.41) is 31.3. The van der Waals surface area contributed by atoms with Crippen molar-refractivity contribution in [3.05, 3.63) is 105 Å². The molecule has 2 aliphatic rings. The number of anilines is 1. The smallest absolute Gasteiger partial charge is 0.323 e. The molecule has 0 amide bonds. The van der Waals surface area contributed by atoms with Gasteiger partial charge in [0.15, 0.2) is 0 Å². The van der Waals surface area contributed by atoms with Gasteiger partial charge >= 0.3 is 5.97 Å². The summed E-state index contributed by atoms with van der Waals surface area (Å²) in [5.41, 5.74) is 8.76. The lowest BCUT2D eigenvalue weighted by Crippen LogP contribution is -2.39. The molecule has 1 fully saturated rings. The number of alkyl halides is 1. The summed E-state index contributed by atoms with van der Waals surface area (Å²) in [6.45, 7) is 6.58. The van der Waals surface area contributed by atoms with E-state index in [1.54, 1.807) is 24.4 Å². The Morgan fingerprint density at radius 2 is 1.81 bits per heavy atom. The number of ether oxygens (including phenoxy) is 2. The van der Waals surface area contributed by atoms with Gasteiger partial charge in [0, 0.05) is 68.0 Å². The van der Waals surface area contributed by atoms with Crippen LogP contribution >= 0.6 is 11.6 Å². The number of likely N-dealkylation sites (tertiary alicyclic amines) is 1. The summed E-state index contributed by atoms with van der Waals surface area (Å²) >= 11 is 6.72. The summed E-state index contributed by atoms with van der Waals surface area (Å²) in [7, 11) is 0. The highest BCUT2D eigenvalue weighted by atomic mass is 35.5. The first-order valence-corrected chi connectivity index (χ1v) is 18.4. The van der Waals surface area contributed by atoms with Crippen LogP contribution in [-0.4, -0.2) is 77.6 Å². The summed E-state index contributed by atoms with van der Waals surface area (Å²) in [6, 6.07) is 18.7. The van der Waals surface area contributed by atoms with Crippen LogP contribution in [0, 0.1) is 18.3 Å². The number of aromatic nitrogens is 1. The van der Waals surface area contributed by atoms with Gasteiger partial charge in [0.25, 0.3) is 0 Å². The number of benzene rings is 3. The number of nitrogens with zero attached hydrogens (tertiary/aromatic N) is 4. The van der Waals surface area contributed by atoms with Crippen molar-refractivity contribution in [2.45, 2.75) is 64.6 Å². The van der Waals surface area contributed by atoms with Gasteiger partial charge in [-0.1, -0.05) is 41.9 Å². The number of nitriles is 1. The number of piperidine rings is 1. The number of carboxylic acids is 1. The lowest BCUT2D eigenvalue weighted by atomic mass is 9.92. The van der Waals surface area contributed by atoms with Gasteiger partial charge in [-0.3, -0.25) is 15.1 Å². The maximum Gasteiger partial charge on any atom is 0.323 e. The number of pyridine rings is 1. The number of fused-ring (bicyclic) bond motifs is 1. The fourth-order valence-corrected chi connectivity index (χ4v) is 7.33. The Hall–Kier alpha value is -4.73. The Labute approximate surface area is 314 Å². The van der Waals surface area contributed by atoms with E-state index in [1.807, 2.05) is 12.1 Å². The molecule has 1 aromatic heterocycles. The average molecular weight is 742 g/mol. The minimum absolute atomic E-state index is 0.0581. The van der Waals surface area contributed by atoms with E-state index in [0.717, 1.165) is 62.3 Å². The van der Waals surface area contributed by atoms with Crippen LogP contribution in [0.4, 0.5) is 10.1 Å². The molecular formula is C41H45ClFN5O5. The van der Waals surface area contributed by atoms with Crippen molar-refractivity contribution in [1.82, 2.24) is 15.2 Å². The first kappa shape index (κ1) is 38.0. The molecule has 0 unspecified atom stereocenters. The Bertz CT molecular complexity index is 1950. The van der Waals surface area contributed by atoms with Gasteiger partial charge in [0.05, 0.1) is 17.2 Å². The van der Waals surface area contributed by atoms with Gasteiger partial charge in [-0.2, -0.15) is 5.26 Å². The molecule has 3 aromatic carbocycles. The van der Waals surface area contributed by atoms with Gasteiger partial charge in [-0.25, -0.2) is 4.39 Å². The third-order valence-corrected chi connectivity index (χ3v) is 10.4. The normalized spacial score (nSPS) is 15.2.